The number of hydrogen-bond acceptors (Lipinski definition) is 4. The maximum atomic E-state index is 12.9. The van der Waals surface area contributed by atoms with Crippen molar-refractivity contribution in [3.05, 3.63) is 33.9 Å². The van der Waals surface area contributed by atoms with E-state index in [1.54, 1.807) is 0 Å². The molecule has 22 heavy (non-hydrogen) atoms. The van der Waals surface area contributed by atoms with Gasteiger partial charge in [-0.1, -0.05) is 0 Å². The Hall–Kier alpha value is -2.32. The van der Waals surface area contributed by atoms with Crippen molar-refractivity contribution in [2.45, 2.75) is 19.0 Å². The molecule has 0 spiro atoms. The Balaban J connectivity index is 2.05. The second-order valence-corrected chi connectivity index (χ2v) is 4.97. The van der Waals surface area contributed by atoms with Gasteiger partial charge in [-0.2, -0.15) is 13.2 Å². The van der Waals surface area contributed by atoms with Crippen LogP contribution in [-0.2, 0) is 11.0 Å². The number of ether oxygens (including phenoxy) is 1. The molecule has 1 aromatic rings. The van der Waals surface area contributed by atoms with Crippen molar-refractivity contribution in [3.8, 4) is 5.75 Å². The molecule has 1 N–H and O–H groups in total. The third-order valence-corrected chi connectivity index (χ3v) is 3.12. The van der Waals surface area contributed by atoms with Crippen LogP contribution in [0.1, 0.15) is 18.4 Å². The number of halogens is 3. The summed E-state index contributed by atoms with van der Waals surface area (Å²) < 4.78 is 43.5. The number of hydrogen-bond donors (Lipinski definition) is 1. The predicted octanol–water partition coefficient (Wildman–Crippen LogP) is 2.52. The summed E-state index contributed by atoms with van der Waals surface area (Å²) in [5, 5.41) is 13.1. The number of nitro benzene ring substituents is 1. The van der Waals surface area contributed by atoms with E-state index in [4.69, 9.17) is 4.74 Å². The van der Waals surface area contributed by atoms with Crippen LogP contribution in [0, 0.1) is 16.0 Å². The second-order valence-electron chi connectivity index (χ2n) is 4.97. The van der Waals surface area contributed by atoms with E-state index in [1.807, 2.05) is 0 Å². The van der Waals surface area contributed by atoms with Gasteiger partial charge in [0.1, 0.15) is 11.3 Å². The molecule has 120 valence electrons. The van der Waals surface area contributed by atoms with E-state index in [0.717, 1.165) is 25.0 Å². The lowest BCUT2D eigenvalue weighted by Gasteiger charge is -2.13. The lowest BCUT2D eigenvalue weighted by atomic mass is 10.1. The van der Waals surface area contributed by atoms with Crippen LogP contribution >= 0.6 is 0 Å². The van der Waals surface area contributed by atoms with Gasteiger partial charge in [0, 0.05) is 18.7 Å². The average Bonchev–Trinajstić information content (AvgIpc) is 3.25. The molecule has 1 aliphatic carbocycles. The quantitative estimate of drug-likeness (QED) is 0.645. The first-order chi connectivity index (χ1) is 10.3. The summed E-state index contributed by atoms with van der Waals surface area (Å²) in [6.45, 7) is -0.0950. The van der Waals surface area contributed by atoms with Crippen LogP contribution in [0.15, 0.2) is 18.2 Å². The minimum atomic E-state index is -4.81. The molecule has 6 nitrogen and oxygen atoms in total. The fraction of sp³-hybridized carbons (Fsp3) is 0.462. The van der Waals surface area contributed by atoms with Crippen LogP contribution in [-0.4, -0.2) is 24.0 Å². The number of alkyl halides is 3. The van der Waals surface area contributed by atoms with Gasteiger partial charge in [-0.15, -0.1) is 0 Å². The summed E-state index contributed by atoms with van der Waals surface area (Å²) in [6, 6.07) is 2.12. The van der Waals surface area contributed by atoms with Crippen LogP contribution in [0.5, 0.6) is 5.75 Å². The molecule has 0 aliphatic heterocycles. The van der Waals surface area contributed by atoms with Gasteiger partial charge in [0.15, 0.2) is 6.61 Å². The van der Waals surface area contributed by atoms with E-state index in [0.29, 0.717) is 18.5 Å². The lowest BCUT2D eigenvalue weighted by Crippen LogP contribution is -2.30. The fourth-order valence-corrected chi connectivity index (χ4v) is 1.75. The maximum absolute atomic E-state index is 12.9. The van der Waals surface area contributed by atoms with Gasteiger partial charge < -0.3 is 10.1 Å². The molecule has 0 saturated heterocycles. The monoisotopic (exact) mass is 318 g/mol. The van der Waals surface area contributed by atoms with Crippen LogP contribution in [0.4, 0.5) is 18.9 Å². The largest absolute Gasteiger partial charge is 0.483 e. The van der Waals surface area contributed by atoms with E-state index in [-0.39, 0.29) is 0 Å². The highest BCUT2D eigenvalue weighted by atomic mass is 19.4. The number of nitrogens with one attached hydrogen (secondary N) is 1. The molecule has 1 fully saturated rings. The SMILES string of the molecule is O=C(COc1ccc([N+](=O)[O-])cc1C(F)(F)F)NCC1CC1. The van der Waals surface area contributed by atoms with E-state index >= 15 is 0 Å². The minimum Gasteiger partial charge on any atom is -0.483 e. The summed E-state index contributed by atoms with van der Waals surface area (Å²) >= 11 is 0. The standard InChI is InChI=1S/C13H13F3N2O4/c14-13(15,16)10-5-9(18(20)21)3-4-11(10)22-7-12(19)17-6-8-1-2-8/h3-5,8H,1-2,6-7H2,(H,17,19). The van der Waals surface area contributed by atoms with Crippen LogP contribution in [0.25, 0.3) is 0 Å². The summed E-state index contributed by atoms with van der Waals surface area (Å²) in [5.74, 6) is -0.702. The van der Waals surface area contributed by atoms with Gasteiger partial charge >= 0.3 is 6.18 Å². The van der Waals surface area contributed by atoms with Gasteiger partial charge in [-0.05, 0) is 24.8 Å². The zero-order chi connectivity index (χ0) is 16.3. The molecule has 1 aromatic carbocycles. The van der Waals surface area contributed by atoms with Crippen molar-refractivity contribution in [3.63, 3.8) is 0 Å². The molecule has 1 aliphatic rings. The zero-order valence-corrected chi connectivity index (χ0v) is 11.4. The van der Waals surface area contributed by atoms with Gasteiger partial charge in [0.05, 0.1) is 4.92 Å². The first-order valence-electron chi connectivity index (χ1n) is 6.52. The fourth-order valence-electron chi connectivity index (χ4n) is 1.75. The van der Waals surface area contributed by atoms with Crippen LogP contribution in [0.3, 0.4) is 0 Å². The summed E-state index contributed by atoms with van der Waals surface area (Å²) in [4.78, 5) is 21.1. The number of benzene rings is 1. The first-order valence-corrected chi connectivity index (χ1v) is 6.52. The summed E-state index contributed by atoms with van der Waals surface area (Å²) in [5.41, 5.74) is -1.98. The van der Waals surface area contributed by atoms with E-state index < -0.39 is 40.6 Å². The Kier molecular flexibility index (Phi) is 4.53. The topological polar surface area (TPSA) is 81.5 Å². The van der Waals surface area contributed by atoms with Gasteiger partial charge in [0.2, 0.25) is 0 Å². The van der Waals surface area contributed by atoms with E-state index in [2.05, 4.69) is 5.32 Å². The molecule has 1 saturated carbocycles. The number of rotatable bonds is 6. The molecule has 2 rings (SSSR count). The second kappa shape index (κ2) is 6.20. The number of amides is 1. The average molecular weight is 318 g/mol. The number of carbonyl (C=O) groups excluding carboxylic acids is 1. The molecule has 0 unspecified atom stereocenters. The third-order valence-electron chi connectivity index (χ3n) is 3.12. The Bertz CT molecular complexity index is 585. The maximum Gasteiger partial charge on any atom is 0.420 e. The lowest BCUT2D eigenvalue weighted by molar-refractivity contribution is -0.385. The molecule has 0 bridgehead atoms. The molecular formula is C13H13F3N2O4. The van der Waals surface area contributed by atoms with Crippen molar-refractivity contribution in [1.29, 1.82) is 0 Å². The molecular weight excluding hydrogens is 305 g/mol. The van der Waals surface area contributed by atoms with Gasteiger partial charge in [-0.25, -0.2) is 0 Å². The molecule has 0 heterocycles. The minimum absolute atomic E-state index is 0.386. The molecule has 0 radical (unpaired) electrons. The number of nitrogens with zero attached hydrogens (tertiary/aromatic N) is 1. The van der Waals surface area contributed by atoms with Gasteiger partial charge in [0.25, 0.3) is 11.6 Å². The molecule has 9 heteroatoms. The van der Waals surface area contributed by atoms with Crippen molar-refractivity contribution in [1.82, 2.24) is 5.32 Å². The third kappa shape index (κ3) is 4.34. The highest BCUT2D eigenvalue weighted by molar-refractivity contribution is 5.77. The predicted molar refractivity (Wildman–Crippen MR) is 69.3 cm³/mol. The number of nitro groups is 1. The molecule has 0 atom stereocenters. The Morgan fingerprint density at radius 1 is 1.41 bits per heavy atom. The van der Waals surface area contributed by atoms with Crippen LogP contribution < -0.4 is 10.1 Å². The van der Waals surface area contributed by atoms with Crippen molar-refractivity contribution in [2.75, 3.05) is 13.2 Å². The summed E-state index contributed by atoms with van der Waals surface area (Å²) in [7, 11) is 0. The molecule has 1 amide bonds. The zero-order valence-electron chi connectivity index (χ0n) is 11.4. The molecule has 0 aromatic heterocycles. The highest BCUT2D eigenvalue weighted by Crippen LogP contribution is 2.38. The van der Waals surface area contributed by atoms with Crippen molar-refractivity contribution < 1.29 is 27.6 Å². The summed E-state index contributed by atoms with van der Waals surface area (Å²) in [6.07, 6.45) is -2.75. The Morgan fingerprint density at radius 2 is 2.09 bits per heavy atom. The normalized spacial score (nSPS) is 14.5. The number of non-ortho nitro benzene ring substituents is 1. The Morgan fingerprint density at radius 3 is 2.64 bits per heavy atom. The highest BCUT2D eigenvalue weighted by Gasteiger charge is 2.36. The van der Waals surface area contributed by atoms with Crippen LogP contribution in [0.2, 0.25) is 0 Å². The first kappa shape index (κ1) is 16.1. The van der Waals surface area contributed by atoms with E-state index in [9.17, 15) is 28.1 Å². The smallest absolute Gasteiger partial charge is 0.420 e. The van der Waals surface area contributed by atoms with Crippen molar-refractivity contribution in [2.24, 2.45) is 5.92 Å². The van der Waals surface area contributed by atoms with Crippen molar-refractivity contribution >= 4 is 11.6 Å². The number of carbonyl (C=O) groups is 1. The van der Waals surface area contributed by atoms with E-state index in [1.165, 1.54) is 0 Å². The van der Waals surface area contributed by atoms with Gasteiger partial charge in [-0.3, -0.25) is 14.9 Å². The Labute approximate surface area is 123 Å².